The van der Waals surface area contributed by atoms with Crippen molar-refractivity contribution in [1.29, 1.82) is 0 Å². The lowest BCUT2D eigenvalue weighted by molar-refractivity contribution is 0.0695. The summed E-state index contributed by atoms with van der Waals surface area (Å²) >= 11 is 0. The smallest absolute Gasteiger partial charge is 0.448 e. The van der Waals surface area contributed by atoms with Crippen LogP contribution in [-0.2, 0) is 26.1 Å². The molecule has 3 aromatic carbocycles. The zero-order valence-electron chi connectivity index (χ0n) is 23.7. The van der Waals surface area contributed by atoms with Crippen molar-refractivity contribution in [2.24, 2.45) is 0 Å². The third kappa shape index (κ3) is 5.30. The first-order valence-electron chi connectivity index (χ1n) is 13.7. The van der Waals surface area contributed by atoms with Gasteiger partial charge in [0.05, 0.1) is 5.56 Å². The van der Waals surface area contributed by atoms with Crippen LogP contribution >= 0.6 is 0 Å². The number of carboxylic acid groups (broad SMARTS) is 1. The highest BCUT2D eigenvalue weighted by molar-refractivity contribution is 5.98. The molecule has 1 aliphatic rings. The number of aromatic carboxylic acids is 1. The molecule has 15 heteroatoms. The topological polar surface area (TPSA) is 219 Å². The summed E-state index contributed by atoms with van der Waals surface area (Å²) in [5, 5.41) is 18.2. The number of nitrogens with zero attached hydrogens (tertiary/aromatic N) is 4. The van der Waals surface area contributed by atoms with Crippen LogP contribution in [-0.4, -0.2) is 44.0 Å². The van der Waals surface area contributed by atoms with Gasteiger partial charge in [0, 0.05) is 26.2 Å². The van der Waals surface area contributed by atoms with E-state index in [2.05, 4.69) is 25.3 Å². The molecule has 3 heterocycles. The van der Waals surface area contributed by atoms with E-state index in [0.29, 0.717) is 30.6 Å². The van der Waals surface area contributed by atoms with Crippen LogP contribution in [0.1, 0.15) is 59.2 Å². The molecule has 1 aliphatic heterocycles. The number of aryl methyl sites for hydroxylation is 1. The average Bonchev–Trinajstić information content (AvgIpc) is 3.41. The van der Waals surface area contributed by atoms with Gasteiger partial charge in [-0.2, -0.15) is 0 Å². The highest BCUT2D eigenvalue weighted by Crippen LogP contribution is 2.26. The number of rotatable bonds is 8. The zero-order chi connectivity index (χ0) is 32.0. The zero-order valence-corrected chi connectivity index (χ0v) is 23.7. The van der Waals surface area contributed by atoms with Crippen LogP contribution in [0.5, 0.6) is 0 Å². The van der Waals surface area contributed by atoms with Crippen molar-refractivity contribution in [3.8, 4) is 0 Å². The van der Waals surface area contributed by atoms with Gasteiger partial charge in [-0.1, -0.05) is 30.3 Å². The van der Waals surface area contributed by atoms with Gasteiger partial charge in [-0.25, -0.2) is 19.0 Å². The van der Waals surface area contributed by atoms with E-state index < -0.39 is 34.4 Å². The minimum atomic E-state index is -1.06. The molecule has 45 heavy (non-hydrogen) atoms. The lowest BCUT2D eigenvalue weighted by Gasteiger charge is -2.32. The fraction of sp³-hybridized carbons (Fsp3) is 0.200. The van der Waals surface area contributed by atoms with Gasteiger partial charge in [0.1, 0.15) is 22.8 Å². The van der Waals surface area contributed by atoms with E-state index in [1.807, 2.05) is 18.2 Å². The summed E-state index contributed by atoms with van der Waals surface area (Å²) in [7, 11) is 0. The number of anilines is 2. The Hall–Kier alpha value is -6.12. The number of carbonyl (C=O) groups excluding carboxylic acids is 2. The van der Waals surface area contributed by atoms with Crippen molar-refractivity contribution < 1.29 is 24.0 Å². The Balaban J connectivity index is 1.17. The molecule has 5 aromatic rings. The summed E-state index contributed by atoms with van der Waals surface area (Å²) in [6, 6.07) is 11.4. The number of nitrogens with one attached hydrogen (secondary N) is 2. The molecule has 228 valence electrons. The van der Waals surface area contributed by atoms with E-state index in [9.17, 15) is 33.9 Å². The molecule has 2 aromatic heterocycles. The Morgan fingerprint density at radius 3 is 2.38 bits per heavy atom. The van der Waals surface area contributed by atoms with E-state index in [0.717, 1.165) is 27.2 Å². The number of carbonyl (C=O) groups is 3. The highest BCUT2D eigenvalue weighted by atomic mass is 16.5. The Bertz CT molecular complexity index is 2170. The van der Waals surface area contributed by atoms with Crippen LogP contribution in [0.15, 0.2) is 61.4 Å². The highest BCUT2D eigenvalue weighted by Gasteiger charge is 2.27. The van der Waals surface area contributed by atoms with Gasteiger partial charge in [-0.05, 0) is 58.5 Å². The van der Waals surface area contributed by atoms with Crippen LogP contribution in [0.4, 0.5) is 11.4 Å². The number of carboxylic acids is 1. The quantitative estimate of drug-likeness (QED) is 0.174. The first kappa shape index (κ1) is 29.0. The number of fused-ring (bicyclic) bond motifs is 2. The summed E-state index contributed by atoms with van der Waals surface area (Å²) < 4.78 is 5.52. The van der Waals surface area contributed by atoms with Crippen molar-refractivity contribution in [3.63, 3.8) is 0 Å². The molecule has 5 N–H and O–H groups in total. The Kier molecular flexibility index (Phi) is 7.20. The fourth-order valence-electron chi connectivity index (χ4n) is 5.38. The van der Waals surface area contributed by atoms with E-state index in [1.54, 1.807) is 24.0 Å². The van der Waals surface area contributed by atoms with Crippen LogP contribution in [0, 0.1) is 6.92 Å². The lowest BCUT2D eigenvalue weighted by atomic mass is 9.96. The number of hydrogen-bond acceptors (Lipinski definition) is 11. The molecule has 0 fully saturated rings. The lowest BCUT2D eigenvalue weighted by Crippen LogP contribution is -2.44. The molecule has 0 radical (unpaired) electrons. The van der Waals surface area contributed by atoms with E-state index >= 15 is 0 Å². The third-order valence-corrected chi connectivity index (χ3v) is 7.74. The van der Waals surface area contributed by atoms with Crippen LogP contribution in [0.25, 0.3) is 5.78 Å². The molecule has 0 unspecified atom stereocenters. The average molecular weight is 612 g/mol. The largest absolute Gasteiger partial charge is 0.478 e. The van der Waals surface area contributed by atoms with Gasteiger partial charge < -0.3 is 26.4 Å². The standard InChI is InChI=1S/C30H25N7O8/c1-14-8-15(3-5-19(14)28(42)43)11-32-26(40)20-10-21(37-29(34-20)35-45-30(37)44)27(41)33-12-16-2-4-17-6-7-36(13-18(17)9-16)23-22(31)24(38)25(23)39/h2-5,8-10H,6-7,11-13,31H2,1H3,(H,32,40)(H,33,41)(H,42,43). The van der Waals surface area contributed by atoms with Crippen molar-refractivity contribution in [3.05, 3.63) is 118 Å². The number of benzene rings is 2. The Labute approximate surface area is 252 Å². The molecule has 0 bridgehead atoms. The van der Waals surface area contributed by atoms with Crippen molar-refractivity contribution in [1.82, 2.24) is 25.2 Å². The Morgan fingerprint density at radius 2 is 1.67 bits per heavy atom. The maximum atomic E-state index is 13.3. The van der Waals surface area contributed by atoms with E-state index in [4.69, 9.17) is 5.73 Å². The molecule has 15 nitrogen and oxygen atoms in total. The number of aromatic nitrogens is 3. The maximum Gasteiger partial charge on any atom is 0.448 e. The minimum absolute atomic E-state index is 0.0305. The monoisotopic (exact) mass is 611 g/mol. The first-order valence-corrected chi connectivity index (χ1v) is 13.7. The van der Waals surface area contributed by atoms with E-state index in [-0.39, 0.29) is 47.2 Å². The third-order valence-electron chi connectivity index (χ3n) is 7.74. The SMILES string of the molecule is Cc1cc(CNC(=O)c2cc(C(=O)NCc3ccc4c(c3)CN(c3c(N)c(=O)c3=O)CC4)n3c(=O)onc3n2)ccc1C(=O)O. The summed E-state index contributed by atoms with van der Waals surface area (Å²) in [5.74, 6) is -3.67. The van der Waals surface area contributed by atoms with Gasteiger partial charge >= 0.3 is 11.7 Å². The number of nitrogen functional groups attached to an aromatic ring is 1. The molecule has 6 rings (SSSR count). The number of amides is 2. The van der Waals surface area contributed by atoms with Crippen molar-refractivity contribution >= 4 is 34.9 Å². The fourth-order valence-corrected chi connectivity index (χ4v) is 5.38. The van der Waals surface area contributed by atoms with Gasteiger partial charge in [0.25, 0.3) is 28.4 Å². The summed E-state index contributed by atoms with van der Waals surface area (Å²) in [5.41, 5.74) is 8.28. The van der Waals surface area contributed by atoms with Crippen molar-refractivity contribution in [2.75, 3.05) is 17.2 Å². The predicted molar refractivity (Wildman–Crippen MR) is 159 cm³/mol. The molecule has 0 saturated heterocycles. The molecule has 2 amide bonds. The van der Waals surface area contributed by atoms with Gasteiger partial charge in [-0.3, -0.25) is 23.7 Å². The van der Waals surface area contributed by atoms with Crippen molar-refractivity contribution in [2.45, 2.75) is 33.0 Å². The van der Waals surface area contributed by atoms with E-state index in [1.165, 1.54) is 6.07 Å². The molecule has 0 atom stereocenters. The maximum absolute atomic E-state index is 13.3. The molecule has 0 spiro atoms. The predicted octanol–water partition coefficient (Wildman–Crippen LogP) is 0.290. The molecule has 0 saturated carbocycles. The number of hydrogen-bond donors (Lipinski definition) is 4. The summed E-state index contributed by atoms with van der Waals surface area (Å²) in [4.78, 5) is 79.3. The van der Waals surface area contributed by atoms with Gasteiger partial charge in [0.15, 0.2) is 0 Å². The van der Waals surface area contributed by atoms with Gasteiger partial charge in [-0.15, -0.1) is 0 Å². The summed E-state index contributed by atoms with van der Waals surface area (Å²) in [6.07, 6.45) is 0.643. The van der Waals surface area contributed by atoms with Crippen LogP contribution < -0.4 is 37.9 Å². The number of nitrogens with two attached hydrogens (primary N) is 1. The normalized spacial score (nSPS) is 12.7. The first-order chi connectivity index (χ1) is 21.5. The molecule has 0 aliphatic carbocycles. The minimum Gasteiger partial charge on any atom is -0.478 e. The molecular formula is C30H25N7O8. The second-order valence-corrected chi connectivity index (χ2v) is 10.6. The van der Waals surface area contributed by atoms with Gasteiger partial charge in [0.2, 0.25) is 0 Å². The second kappa shape index (κ2) is 11.2. The second-order valence-electron chi connectivity index (χ2n) is 10.6. The van der Waals surface area contributed by atoms with Crippen LogP contribution in [0.2, 0.25) is 0 Å². The Morgan fingerprint density at radius 1 is 0.956 bits per heavy atom. The molecular weight excluding hydrogens is 586 g/mol. The summed E-state index contributed by atoms with van der Waals surface area (Å²) in [6.45, 7) is 2.66. The van der Waals surface area contributed by atoms with Crippen LogP contribution in [0.3, 0.4) is 0 Å².